The van der Waals surface area contributed by atoms with Crippen LogP contribution >= 0.6 is 11.3 Å². The van der Waals surface area contributed by atoms with Crippen LogP contribution in [0.5, 0.6) is 0 Å². The van der Waals surface area contributed by atoms with Crippen molar-refractivity contribution in [3.05, 3.63) is 16.1 Å². The van der Waals surface area contributed by atoms with Crippen LogP contribution in [0.1, 0.15) is 19.1 Å². The Kier molecular flexibility index (Phi) is 5.16. The molecule has 0 saturated heterocycles. The number of hydrogen-bond acceptors (Lipinski definition) is 3. The summed E-state index contributed by atoms with van der Waals surface area (Å²) in [6.45, 7) is 6.67. The molecule has 0 radical (unpaired) electrons. The summed E-state index contributed by atoms with van der Waals surface area (Å²) in [4.78, 5) is 4.13. The highest BCUT2D eigenvalue weighted by molar-refractivity contribution is 7.09. The Morgan fingerprint density at radius 1 is 1.70 bits per heavy atom. The molecule has 0 aliphatic heterocycles. The predicted molar refractivity (Wildman–Crippen MR) is 48.4 cm³/mol. The van der Waals surface area contributed by atoms with E-state index in [9.17, 15) is 0 Å². The van der Waals surface area contributed by atoms with Gasteiger partial charge in [0.05, 0.1) is 5.01 Å². The molecule has 0 aliphatic rings. The minimum absolute atomic E-state index is 0. The van der Waals surface area contributed by atoms with Crippen molar-refractivity contribution in [3.63, 3.8) is 0 Å². The van der Waals surface area contributed by atoms with E-state index in [1.807, 2.05) is 20.8 Å². The molecule has 3 heteroatoms. The van der Waals surface area contributed by atoms with E-state index in [0.717, 1.165) is 17.2 Å². The van der Waals surface area contributed by atoms with Gasteiger partial charge in [-0.05, 0) is 20.4 Å². The van der Waals surface area contributed by atoms with Crippen LogP contribution in [0.3, 0.4) is 0 Å². The Hall–Kier alpha value is -0.410. The average molecular weight is 160 g/mol. The van der Waals surface area contributed by atoms with E-state index in [4.69, 9.17) is 5.73 Å². The van der Waals surface area contributed by atoms with Gasteiger partial charge in [0.15, 0.2) is 0 Å². The maximum absolute atomic E-state index is 4.85. The largest absolute Gasteiger partial charge is 0.331 e. The van der Waals surface area contributed by atoms with Crippen LogP contribution < -0.4 is 5.73 Å². The van der Waals surface area contributed by atoms with Gasteiger partial charge in [-0.3, -0.25) is 0 Å². The van der Waals surface area contributed by atoms with E-state index in [0.29, 0.717) is 0 Å². The first kappa shape index (κ1) is 9.59. The van der Waals surface area contributed by atoms with E-state index in [1.165, 1.54) is 0 Å². The second-order valence-corrected chi connectivity index (χ2v) is 2.98. The number of thiazole rings is 1. The number of nitrogens with zero attached hydrogens (tertiary/aromatic N) is 1. The standard InChI is InChI=1S/C5H7NS.C2H7N.H2/c1-4-3-7-5(2)6-4;1-2-3;/h3H,1-2H3;2-3H2,1H3;1H. The lowest BCUT2D eigenvalue weighted by molar-refractivity contribution is 1.14. The summed E-state index contributed by atoms with van der Waals surface area (Å²) in [5.41, 5.74) is 5.97. The molecule has 0 amide bonds. The zero-order valence-corrected chi connectivity index (χ0v) is 7.53. The number of nitrogens with two attached hydrogens (primary N) is 1. The Morgan fingerprint density at radius 2 is 2.20 bits per heavy atom. The van der Waals surface area contributed by atoms with Crippen molar-refractivity contribution < 1.29 is 1.43 Å². The minimum Gasteiger partial charge on any atom is -0.331 e. The lowest BCUT2D eigenvalue weighted by atomic mass is 10.6. The number of rotatable bonds is 0. The molecular weight excluding hydrogens is 144 g/mol. The van der Waals surface area contributed by atoms with Gasteiger partial charge < -0.3 is 5.73 Å². The molecule has 0 unspecified atom stereocenters. The Labute approximate surface area is 67.6 Å². The Morgan fingerprint density at radius 3 is 2.30 bits per heavy atom. The third-order valence-electron chi connectivity index (χ3n) is 0.734. The lowest BCUT2D eigenvalue weighted by Gasteiger charge is -1.71. The number of aryl methyl sites for hydroxylation is 2. The second-order valence-electron chi connectivity index (χ2n) is 1.92. The average Bonchev–Trinajstić information content (AvgIpc) is 2.17. The fourth-order valence-corrected chi connectivity index (χ4v) is 1.06. The van der Waals surface area contributed by atoms with Crippen LogP contribution in [-0.2, 0) is 0 Å². The van der Waals surface area contributed by atoms with E-state index >= 15 is 0 Å². The maximum atomic E-state index is 4.85. The van der Waals surface area contributed by atoms with Crippen molar-refractivity contribution >= 4 is 11.3 Å². The van der Waals surface area contributed by atoms with Crippen LogP contribution in [0.25, 0.3) is 0 Å². The molecule has 0 spiro atoms. The molecule has 0 aliphatic carbocycles. The second kappa shape index (κ2) is 5.38. The highest BCUT2D eigenvalue weighted by Crippen LogP contribution is 2.04. The third-order valence-corrected chi connectivity index (χ3v) is 1.63. The molecule has 0 atom stereocenters. The van der Waals surface area contributed by atoms with Crippen molar-refractivity contribution in [2.75, 3.05) is 6.54 Å². The molecule has 1 heterocycles. The smallest absolute Gasteiger partial charge is 0.0897 e. The molecule has 1 aromatic rings. The molecule has 0 aromatic carbocycles. The molecule has 0 saturated carbocycles. The van der Waals surface area contributed by atoms with Gasteiger partial charge in [-0.25, -0.2) is 4.98 Å². The molecule has 10 heavy (non-hydrogen) atoms. The van der Waals surface area contributed by atoms with Gasteiger partial charge >= 0.3 is 0 Å². The molecule has 2 nitrogen and oxygen atoms in total. The Bertz CT molecular complexity index is 160. The first-order chi connectivity index (χ1) is 4.70. The van der Waals surface area contributed by atoms with Gasteiger partial charge in [-0.15, -0.1) is 11.3 Å². The van der Waals surface area contributed by atoms with Crippen LogP contribution in [0, 0.1) is 13.8 Å². The topological polar surface area (TPSA) is 38.9 Å². The quantitative estimate of drug-likeness (QED) is 0.630. The fraction of sp³-hybridized carbons (Fsp3) is 0.571. The lowest BCUT2D eigenvalue weighted by Crippen LogP contribution is -1.87. The third kappa shape index (κ3) is 4.47. The maximum Gasteiger partial charge on any atom is 0.0897 e. The van der Waals surface area contributed by atoms with Crippen molar-refractivity contribution in [2.24, 2.45) is 5.73 Å². The zero-order chi connectivity index (χ0) is 7.98. The van der Waals surface area contributed by atoms with Crippen molar-refractivity contribution in [1.29, 1.82) is 0 Å². The van der Waals surface area contributed by atoms with Gasteiger partial charge in [0, 0.05) is 12.5 Å². The van der Waals surface area contributed by atoms with Crippen molar-refractivity contribution in [1.82, 2.24) is 4.98 Å². The van der Waals surface area contributed by atoms with Gasteiger partial charge in [0.25, 0.3) is 0 Å². The van der Waals surface area contributed by atoms with Crippen LogP contribution in [0.2, 0.25) is 0 Å². The summed E-state index contributed by atoms with van der Waals surface area (Å²) >= 11 is 1.69. The van der Waals surface area contributed by atoms with Crippen molar-refractivity contribution in [3.8, 4) is 0 Å². The van der Waals surface area contributed by atoms with Gasteiger partial charge in [0.2, 0.25) is 0 Å². The summed E-state index contributed by atoms with van der Waals surface area (Å²) < 4.78 is 0. The van der Waals surface area contributed by atoms with Gasteiger partial charge in [0.1, 0.15) is 0 Å². The van der Waals surface area contributed by atoms with E-state index < -0.39 is 0 Å². The van der Waals surface area contributed by atoms with Crippen molar-refractivity contribution in [2.45, 2.75) is 20.8 Å². The molecular formula is C7H16N2S. The molecule has 60 valence electrons. The highest BCUT2D eigenvalue weighted by atomic mass is 32.1. The zero-order valence-electron chi connectivity index (χ0n) is 6.72. The minimum atomic E-state index is 0. The SMILES string of the molecule is CCN.Cc1csc(C)n1.[HH]. The molecule has 1 rings (SSSR count). The molecule has 0 fully saturated rings. The van der Waals surface area contributed by atoms with Gasteiger partial charge in [-0.1, -0.05) is 6.92 Å². The highest BCUT2D eigenvalue weighted by Gasteiger charge is 1.85. The first-order valence-electron chi connectivity index (χ1n) is 3.29. The summed E-state index contributed by atoms with van der Waals surface area (Å²) in [5, 5.41) is 3.20. The van der Waals surface area contributed by atoms with Crippen LogP contribution in [-0.4, -0.2) is 11.5 Å². The first-order valence-corrected chi connectivity index (χ1v) is 4.17. The summed E-state index contributed by atoms with van der Waals surface area (Å²) in [5.74, 6) is 0. The summed E-state index contributed by atoms with van der Waals surface area (Å²) in [6.07, 6.45) is 0. The molecule has 2 N–H and O–H groups in total. The number of hydrogen-bond donors (Lipinski definition) is 1. The monoisotopic (exact) mass is 160 g/mol. The summed E-state index contributed by atoms with van der Waals surface area (Å²) in [6, 6.07) is 0. The number of aromatic nitrogens is 1. The molecule has 0 bridgehead atoms. The summed E-state index contributed by atoms with van der Waals surface area (Å²) in [7, 11) is 0. The fourth-order valence-electron chi connectivity index (χ4n) is 0.472. The van der Waals surface area contributed by atoms with Crippen LogP contribution in [0.15, 0.2) is 5.38 Å². The van der Waals surface area contributed by atoms with E-state index in [1.54, 1.807) is 11.3 Å². The Balaban J connectivity index is 0. The van der Waals surface area contributed by atoms with Gasteiger partial charge in [-0.2, -0.15) is 0 Å². The molecule has 1 aromatic heterocycles. The van der Waals surface area contributed by atoms with E-state index in [-0.39, 0.29) is 1.43 Å². The normalized spacial score (nSPS) is 8.40. The van der Waals surface area contributed by atoms with E-state index in [2.05, 4.69) is 10.4 Å². The van der Waals surface area contributed by atoms with Crippen LogP contribution in [0.4, 0.5) is 0 Å². The predicted octanol–water partition coefficient (Wildman–Crippen LogP) is 1.97.